The van der Waals surface area contributed by atoms with Crippen LogP contribution in [0.25, 0.3) is 11.3 Å². The van der Waals surface area contributed by atoms with Gasteiger partial charge >= 0.3 is 0 Å². The number of hydrogen-bond acceptors (Lipinski definition) is 8. The zero-order chi connectivity index (χ0) is 29.4. The molecule has 0 bridgehead atoms. The molecule has 1 aromatic carbocycles. The van der Waals surface area contributed by atoms with Gasteiger partial charge < -0.3 is 24.4 Å². The summed E-state index contributed by atoms with van der Waals surface area (Å²) in [5.41, 5.74) is -0.338. The fraction of sp³-hybridized carbons (Fsp3) is 0.464. The molecule has 0 saturated carbocycles. The Labute approximate surface area is 240 Å². The van der Waals surface area contributed by atoms with Crippen molar-refractivity contribution >= 4 is 33.8 Å². The number of benzene rings is 1. The van der Waals surface area contributed by atoms with Crippen LogP contribution < -0.4 is 20.7 Å². The monoisotopic (exact) mass is 590 g/mol. The number of anilines is 3. The van der Waals surface area contributed by atoms with Crippen molar-refractivity contribution in [3.8, 4) is 11.3 Å². The van der Waals surface area contributed by atoms with Gasteiger partial charge in [-0.3, -0.25) is 14.5 Å². The van der Waals surface area contributed by atoms with E-state index in [2.05, 4.69) is 33.9 Å². The van der Waals surface area contributed by atoms with Gasteiger partial charge in [-0.15, -0.1) is 11.3 Å². The smallest absolute Gasteiger partial charge is 0.264 e. The van der Waals surface area contributed by atoms with E-state index in [9.17, 15) is 18.4 Å². The van der Waals surface area contributed by atoms with Crippen molar-refractivity contribution in [2.75, 3.05) is 61.6 Å². The molecule has 41 heavy (non-hydrogen) atoms. The molecule has 2 aromatic heterocycles. The average Bonchev–Trinajstić information content (AvgIpc) is 3.44. The number of halogens is 3. The molecule has 2 fully saturated rings. The zero-order valence-electron chi connectivity index (χ0n) is 23.4. The van der Waals surface area contributed by atoms with Gasteiger partial charge in [-0.2, -0.15) is 0 Å². The first kappa shape index (κ1) is 29.1. The Morgan fingerprint density at radius 1 is 1.10 bits per heavy atom. The summed E-state index contributed by atoms with van der Waals surface area (Å²) >= 11 is 1.39. The van der Waals surface area contributed by atoms with Crippen LogP contribution in [0, 0.1) is 5.82 Å². The highest BCUT2D eigenvalue weighted by atomic mass is 32.1. The second-order valence-corrected chi connectivity index (χ2v) is 11.4. The summed E-state index contributed by atoms with van der Waals surface area (Å²) in [5.74, 6) is -1.33. The standard InChI is InChI=1S/C28H33F3N6O3S/c1-16-12-37(13-17(2)35(16)4)24-11-21(29)19(23-15-41-28(33-23)36-5-7-40-8-6-36)9-22(24)32-27(39)20-14-34(3)25(38)10-18(20)26(30)31/h9-11,14-17,26H,5-8,12-13H2,1-4H3,(H,32,39). The molecule has 2 saturated heterocycles. The van der Waals surface area contributed by atoms with E-state index >= 15 is 4.39 Å². The summed E-state index contributed by atoms with van der Waals surface area (Å²) in [6.07, 6.45) is -1.93. The molecular weight excluding hydrogens is 557 g/mol. The van der Waals surface area contributed by atoms with Crippen LogP contribution in [0.1, 0.15) is 36.2 Å². The van der Waals surface area contributed by atoms with Crippen LogP contribution in [0.15, 0.2) is 34.6 Å². The number of carbonyl (C=O) groups excluding carboxylic acids is 1. The fourth-order valence-corrected chi connectivity index (χ4v) is 6.09. The van der Waals surface area contributed by atoms with Gasteiger partial charge in [0.2, 0.25) is 0 Å². The zero-order valence-corrected chi connectivity index (χ0v) is 24.2. The van der Waals surface area contributed by atoms with Crippen molar-refractivity contribution in [2.24, 2.45) is 7.05 Å². The lowest BCUT2D eigenvalue weighted by molar-refractivity contribution is 0.101. The summed E-state index contributed by atoms with van der Waals surface area (Å²) in [6, 6.07) is 3.95. The van der Waals surface area contributed by atoms with E-state index in [1.165, 1.54) is 30.5 Å². The Morgan fingerprint density at radius 3 is 2.44 bits per heavy atom. The van der Waals surface area contributed by atoms with Gasteiger partial charge in [0.05, 0.1) is 35.8 Å². The molecule has 2 aliphatic heterocycles. The number of hydrogen-bond donors (Lipinski definition) is 1. The van der Waals surface area contributed by atoms with Crippen molar-refractivity contribution in [2.45, 2.75) is 32.4 Å². The quantitative estimate of drug-likeness (QED) is 0.461. The van der Waals surface area contributed by atoms with E-state index in [-0.39, 0.29) is 28.9 Å². The molecule has 0 aliphatic carbocycles. The highest BCUT2D eigenvalue weighted by molar-refractivity contribution is 7.14. The maximum absolute atomic E-state index is 15.8. The number of piperazine rings is 1. The minimum Gasteiger partial charge on any atom is -0.378 e. The van der Waals surface area contributed by atoms with Gasteiger partial charge in [-0.25, -0.2) is 18.2 Å². The third-order valence-corrected chi connectivity index (χ3v) is 8.73. The van der Waals surface area contributed by atoms with E-state index in [0.717, 1.165) is 22.0 Å². The van der Waals surface area contributed by atoms with Crippen molar-refractivity contribution in [3.05, 3.63) is 57.1 Å². The Balaban J connectivity index is 1.56. The van der Waals surface area contributed by atoms with Crippen molar-refractivity contribution < 1.29 is 22.7 Å². The first-order valence-electron chi connectivity index (χ1n) is 13.4. The Hall–Kier alpha value is -3.42. The summed E-state index contributed by atoms with van der Waals surface area (Å²) in [5, 5.41) is 5.26. The van der Waals surface area contributed by atoms with Crippen molar-refractivity contribution in [1.82, 2.24) is 14.5 Å². The van der Waals surface area contributed by atoms with E-state index in [0.29, 0.717) is 50.8 Å². The fourth-order valence-electron chi connectivity index (χ4n) is 5.21. The molecule has 0 radical (unpaired) electrons. The molecule has 1 amide bonds. The highest BCUT2D eigenvalue weighted by Crippen LogP contribution is 2.38. The minimum absolute atomic E-state index is 0.147. The van der Waals surface area contributed by atoms with Crippen LogP contribution in [0.5, 0.6) is 0 Å². The van der Waals surface area contributed by atoms with Crippen LogP contribution in [0.2, 0.25) is 0 Å². The normalized spacial score (nSPS) is 20.1. The van der Waals surface area contributed by atoms with Crippen LogP contribution in [-0.2, 0) is 11.8 Å². The first-order chi connectivity index (χ1) is 19.5. The number of carbonyl (C=O) groups is 1. The van der Waals surface area contributed by atoms with Gasteiger partial charge in [0.1, 0.15) is 5.82 Å². The van der Waals surface area contributed by atoms with Crippen molar-refractivity contribution in [3.63, 3.8) is 0 Å². The third-order valence-electron chi connectivity index (χ3n) is 7.82. The summed E-state index contributed by atoms with van der Waals surface area (Å²) in [7, 11) is 3.41. The van der Waals surface area contributed by atoms with Gasteiger partial charge in [-0.05, 0) is 27.0 Å². The third kappa shape index (κ3) is 5.97. The first-order valence-corrected chi connectivity index (χ1v) is 14.3. The van der Waals surface area contributed by atoms with E-state index in [1.807, 2.05) is 11.9 Å². The molecule has 13 heteroatoms. The maximum Gasteiger partial charge on any atom is 0.264 e. The van der Waals surface area contributed by atoms with Crippen LogP contribution >= 0.6 is 11.3 Å². The van der Waals surface area contributed by atoms with Crippen LogP contribution in [0.4, 0.5) is 29.7 Å². The molecule has 2 aliphatic rings. The number of thiazole rings is 1. The van der Waals surface area contributed by atoms with Gasteiger partial charge in [0.15, 0.2) is 5.13 Å². The number of pyridine rings is 1. The molecule has 0 spiro atoms. The molecule has 3 aromatic rings. The number of ether oxygens (including phenoxy) is 1. The van der Waals surface area contributed by atoms with E-state index in [1.54, 1.807) is 5.38 Å². The minimum atomic E-state index is -3.03. The summed E-state index contributed by atoms with van der Waals surface area (Å²) in [6.45, 7) is 7.80. The number of aromatic nitrogens is 2. The number of nitrogens with zero attached hydrogens (tertiary/aromatic N) is 5. The van der Waals surface area contributed by atoms with E-state index in [4.69, 9.17) is 4.74 Å². The number of morpholine rings is 1. The Bertz CT molecular complexity index is 1480. The largest absolute Gasteiger partial charge is 0.378 e. The molecule has 1 N–H and O–H groups in total. The topological polar surface area (TPSA) is 82.9 Å². The molecular formula is C28H33F3N6O3S. The van der Waals surface area contributed by atoms with Gasteiger partial charge in [-0.1, -0.05) is 0 Å². The SMILES string of the molecule is CC1CN(c2cc(F)c(-c3csc(N4CCOCC4)n3)cc2NC(=O)c2cn(C)c(=O)cc2C(F)F)CC(C)N1C. The van der Waals surface area contributed by atoms with Gasteiger partial charge in [0, 0.05) is 80.1 Å². The number of aryl methyl sites for hydroxylation is 1. The predicted molar refractivity (Wildman–Crippen MR) is 154 cm³/mol. The number of amides is 1. The van der Waals surface area contributed by atoms with Gasteiger partial charge in [0.25, 0.3) is 17.9 Å². The molecule has 2 unspecified atom stereocenters. The average molecular weight is 591 g/mol. The highest BCUT2D eigenvalue weighted by Gasteiger charge is 2.30. The number of nitrogens with one attached hydrogen (secondary N) is 1. The second-order valence-electron chi connectivity index (χ2n) is 10.6. The number of likely N-dealkylation sites (N-methyl/N-ethyl adjacent to an activating group) is 1. The summed E-state index contributed by atoms with van der Waals surface area (Å²) < 4.78 is 49.9. The second kappa shape index (κ2) is 11.8. The molecule has 4 heterocycles. The van der Waals surface area contributed by atoms with Crippen molar-refractivity contribution in [1.29, 1.82) is 0 Å². The number of alkyl halides is 2. The van der Waals surface area contributed by atoms with Crippen LogP contribution in [-0.4, -0.2) is 78.9 Å². The lowest BCUT2D eigenvalue weighted by Gasteiger charge is -2.44. The van der Waals surface area contributed by atoms with E-state index < -0.39 is 29.3 Å². The van der Waals surface area contributed by atoms with Crippen LogP contribution in [0.3, 0.4) is 0 Å². The number of rotatable bonds is 6. The summed E-state index contributed by atoms with van der Waals surface area (Å²) in [4.78, 5) is 36.4. The molecule has 2 atom stereocenters. The molecule has 5 rings (SSSR count). The maximum atomic E-state index is 15.8. The molecule has 220 valence electrons. The predicted octanol–water partition coefficient (Wildman–Crippen LogP) is 4.20. The molecule has 9 nitrogen and oxygen atoms in total. The Morgan fingerprint density at radius 2 is 1.78 bits per heavy atom. The Kier molecular flexibility index (Phi) is 8.39. The lowest BCUT2D eigenvalue weighted by Crippen LogP contribution is -2.55. The lowest BCUT2D eigenvalue weighted by atomic mass is 10.0.